The Bertz CT molecular complexity index is 1030. The highest BCUT2D eigenvalue weighted by Crippen LogP contribution is 2.17. The Labute approximate surface area is 150 Å². The zero-order valence-electron chi connectivity index (χ0n) is 14.5. The van der Waals surface area contributed by atoms with Crippen molar-refractivity contribution >= 4 is 11.6 Å². The summed E-state index contributed by atoms with van der Waals surface area (Å²) in [5.74, 6) is -1.12. The molecule has 1 amide bonds. The third kappa shape index (κ3) is 3.39. The first kappa shape index (κ1) is 17.5. The summed E-state index contributed by atoms with van der Waals surface area (Å²) in [5.41, 5.74) is 1.38. The molecule has 6 heteroatoms. The quantitative estimate of drug-likeness (QED) is 0.782. The van der Waals surface area contributed by atoms with E-state index in [0.29, 0.717) is 11.4 Å². The van der Waals surface area contributed by atoms with Crippen LogP contribution in [0.4, 0.5) is 10.1 Å². The molecule has 0 aliphatic rings. The fourth-order valence-electron chi connectivity index (χ4n) is 2.70. The van der Waals surface area contributed by atoms with Crippen molar-refractivity contribution in [2.75, 3.05) is 5.32 Å². The maximum absolute atomic E-state index is 14.1. The van der Waals surface area contributed by atoms with Gasteiger partial charge < -0.3 is 5.32 Å². The van der Waals surface area contributed by atoms with E-state index in [-0.39, 0.29) is 11.4 Å². The minimum atomic E-state index is -0.624. The second-order valence-corrected chi connectivity index (χ2v) is 5.83. The number of anilines is 1. The van der Waals surface area contributed by atoms with E-state index in [0.717, 1.165) is 12.0 Å². The van der Waals surface area contributed by atoms with Crippen molar-refractivity contribution in [3.63, 3.8) is 0 Å². The number of rotatable bonds is 4. The van der Waals surface area contributed by atoms with Crippen LogP contribution in [0.1, 0.15) is 28.7 Å². The number of aryl methyl sites for hydroxylation is 2. The molecular weight excluding hydrogens is 333 g/mol. The number of aromatic nitrogens is 2. The van der Waals surface area contributed by atoms with Gasteiger partial charge in [-0.05, 0) is 37.1 Å². The highest BCUT2D eigenvalue weighted by molar-refractivity contribution is 6.03. The maximum atomic E-state index is 14.1. The Kier molecular flexibility index (Phi) is 4.93. The fourth-order valence-corrected chi connectivity index (χ4v) is 2.70. The monoisotopic (exact) mass is 351 g/mol. The Morgan fingerprint density at radius 2 is 1.85 bits per heavy atom. The lowest BCUT2D eigenvalue weighted by Gasteiger charge is -2.13. The van der Waals surface area contributed by atoms with Gasteiger partial charge in [0.05, 0.1) is 0 Å². The number of carbonyl (C=O) groups is 1. The molecule has 3 rings (SSSR count). The van der Waals surface area contributed by atoms with E-state index in [9.17, 15) is 14.0 Å². The lowest BCUT2D eigenvalue weighted by atomic mass is 10.1. The third-order valence-electron chi connectivity index (χ3n) is 4.05. The van der Waals surface area contributed by atoms with Gasteiger partial charge in [-0.3, -0.25) is 9.59 Å². The van der Waals surface area contributed by atoms with Gasteiger partial charge in [-0.2, -0.15) is 5.10 Å². The summed E-state index contributed by atoms with van der Waals surface area (Å²) in [4.78, 5) is 24.9. The Morgan fingerprint density at radius 3 is 2.58 bits per heavy atom. The molecule has 0 saturated heterocycles. The molecule has 0 atom stereocenters. The van der Waals surface area contributed by atoms with Gasteiger partial charge in [-0.15, -0.1) is 0 Å². The number of nitrogens with one attached hydrogen (secondary N) is 1. The molecule has 5 nitrogen and oxygen atoms in total. The zero-order valence-corrected chi connectivity index (χ0v) is 14.5. The summed E-state index contributed by atoms with van der Waals surface area (Å²) in [7, 11) is 0. The van der Waals surface area contributed by atoms with E-state index in [4.69, 9.17) is 0 Å². The lowest BCUT2D eigenvalue weighted by molar-refractivity contribution is 0.101. The Morgan fingerprint density at radius 1 is 1.15 bits per heavy atom. The topological polar surface area (TPSA) is 64.0 Å². The first-order valence-electron chi connectivity index (χ1n) is 8.26. The van der Waals surface area contributed by atoms with Gasteiger partial charge in [0.2, 0.25) is 5.43 Å². The van der Waals surface area contributed by atoms with E-state index < -0.39 is 17.2 Å². The number of carbonyl (C=O) groups excluding carboxylic acids is 1. The SMILES string of the molecule is CCc1ccccc1NC(=O)c1nn(-c2ccccc2F)c(C)cc1=O. The van der Waals surface area contributed by atoms with E-state index in [2.05, 4.69) is 10.4 Å². The second-order valence-electron chi connectivity index (χ2n) is 5.83. The molecular formula is C20H18FN3O2. The van der Waals surface area contributed by atoms with Gasteiger partial charge in [0, 0.05) is 17.4 Å². The Hall–Kier alpha value is -3.28. The molecule has 0 saturated carbocycles. The minimum absolute atomic E-state index is 0.174. The van der Waals surface area contributed by atoms with Gasteiger partial charge >= 0.3 is 0 Å². The molecule has 2 aromatic carbocycles. The predicted molar refractivity (Wildman–Crippen MR) is 98.3 cm³/mol. The highest BCUT2D eigenvalue weighted by Gasteiger charge is 2.17. The number of para-hydroxylation sites is 2. The van der Waals surface area contributed by atoms with Crippen LogP contribution in [0.2, 0.25) is 0 Å². The van der Waals surface area contributed by atoms with Crippen molar-refractivity contribution in [1.82, 2.24) is 9.78 Å². The van der Waals surface area contributed by atoms with Crippen LogP contribution < -0.4 is 10.7 Å². The Balaban J connectivity index is 2.03. The van der Waals surface area contributed by atoms with Crippen LogP contribution in [0, 0.1) is 12.7 Å². The molecule has 26 heavy (non-hydrogen) atoms. The highest BCUT2D eigenvalue weighted by atomic mass is 19.1. The van der Waals surface area contributed by atoms with Gasteiger partial charge in [-0.25, -0.2) is 9.07 Å². The summed E-state index contributed by atoms with van der Waals surface area (Å²) in [5, 5.41) is 6.83. The van der Waals surface area contributed by atoms with Crippen LogP contribution in [0.25, 0.3) is 5.69 Å². The van der Waals surface area contributed by atoms with E-state index in [1.807, 2.05) is 19.1 Å². The number of halogens is 1. The van der Waals surface area contributed by atoms with Crippen LogP contribution >= 0.6 is 0 Å². The summed E-state index contributed by atoms with van der Waals surface area (Å²) in [6.07, 6.45) is 0.733. The van der Waals surface area contributed by atoms with E-state index in [1.165, 1.54) is 22.9 Å². The summed E-state index contributed by atoms with van der Waals surface area (Å²) in [6, 6.07) is 14.7. The van der Waals surface area contributed by atoms with E-state index in [1.54, 1.807) is 31.2 Å². The number of hydrogen-bond acceptors (Lipinski definition) is 3. The zero-order chi connectivity index (χ0) is 18.7. The van der Waals surface area contributed by atoms with E-state index >= 15 is 0 Å². The average Bonchev–Trinajstić information content (AvgIpc) is 2.63. The van der Waals surface area contributed by atoms with Crippen LogP contribution in [0.15, 0.2) is 59.4 Å². The van der Waals surface area contributed by atoms with Crippen LogP contribution in [0.3, 0.4) is 0 Å². The molecule has 3 aromatic rings. The number of amides is 1. The van der Waals surface area contributed by atoms with Crippen molar-refractivity contribution in [1.29, 1.82) is 0 Å². The lowest BCUT2D eigenvalue weighted by Crippen LogP contribution is -2.27. The van der Waals surface area contributed by atoms with Gasteiger partial charge in [-0.1, -0.05) is 37.3 Å². The molecule has 0 spiro atoms. The van der Waals surface area contributed by atoms with Crippen LogP contribution in [-0.2, 0) is 6.42 Å². The van der Waals surface area contributed by atoms with Crippen molar-refractivity contribution in [2.24, 2.45) is 0 Å². The second kappa shape index (κ2) is 7.31. The normalized spacial score (nSPS) is 10.6. The van der Waals surface area contributed by atoms with Crippen molar-refractivity contribution in [2.45, 2.75) is 20.3 Å². The molecule has 0 radical (unpaired) electrons. The molecule has 0 unspecified atom stereocenters. The van der Waals surface area contributed by atoms with Crippen molar-refractivity contribution in [3.8, 4) is 5.69 Å². The van der Waals surface area contributed by atoms with Crippen molar-refractivity contribution in [3.05, 3.63) is 87.6 Å². The summed E-state index contributed by atoms with van der Waals surface area (Å²) in [6.45, 7) is 3.61. The van der Waals surface area contributed by atoms with Gasteiger partial charge in [0.15, 0.2) is 5.69 Å². The molecule has 0 aliphatic carbocycles. The minimum Gasteiger partial charge on any atom is -0.320 e. The molecule has 0 aliphatic heterocycles. The molecule has 132 valence electrons. The standard InChI is InChI=1S/C20H18FN3O2/c1-3-14-8-4-6-10-16(14)22-20(26)19-18(25)12-13(2)24(23-19)17-11-7-5-9-15(17)21/h4-12H,3H2,1-2H3,(H,22,26). The predicted octanol–water partition coefficient (Wildman–Crippen LogP) is 3.49. The first-order valence-corrected chi connectivity index (χ1v) is 8.26. The number of benzene rings is 2. The third-order valence-corrected chi connectivity index (χ3v) is 4.05. The van der Waals surface area contributed by atoms with Gasteiger partial charge in [0.25, 0.3) is 5.91 Å². The van der Waals surface area contributed by atoms with Gasteiger partial charge in [0.1, 0.15) is 11.5 Å². The number of hydrogen-bond donors (Lipinski definition) is 1. The maximum Gasteiger partial charge on any atom is 0.280 e. The van der Waals surface area contributed by atoms with Crippen LogP contribution in [-0.4, -0.2) is 15.7 Å². The molecule has 0 bridgehead atoms. The smallest absolute Gasteiger partial charge is 0.280 e. The van der Waals surface area contributed by atoms with Crippen LogP contribution in [0.5, 0.6) is 0 Å². The summed E-state index contributed by atoms with van der Waals surface area (Å²) < 4.78 is 15.4. The molecule has 1 N–H and O–H groups in total. The number of nitrogens with zero attached hydrogens (tertiary/aromatic N) is 2. The molecule has 1 heterocycles. The largest absolute Gasteiger partial charge is 0.320 e. The molecule has 1 aromatic heterocycles. The first-order chi connectivity index (χ1) is 12.5. The fraction of sp³-hybridized carbons (Fsp3) is 0.150. The average molecular weight is 351 g/mol. The summed E-state index contributed by atoms with van der Waals surface area (Å²) >= 11 is 0. The molecule has 0 fully saturated rings. The van der Waals surface area contributed by atoms with Crippen molar-refractivity contribution < 1.29 is 9.18 Å².